The van der Waals surface area contributed by atoms with Crippen LogP contribution in [0.3, 0.4) is 0 Å². The maximum atomic E-state index is 12.7. The van der Waals surface area contributed by atoms with E-state index >= 15 is 0 Å². The van der Waals surface area contributed by atoms with Gasteiger partial charge in [-0.2, -0.15) is 0 Å². The average molecular weight is 848 g/mol. The van der Waals surface area contributed by atoms with Crippen molar-refractivity contribution < 1.29 is 93.1 Å². The standard InChI is InChI=1S/C39H61NO19/c1-20-28(45)30(47)31(48)38(54-20)59-34-27(40-21(2)43)37(53-16-12-7-5-4-6-11-15-26(44)52-3)57-25(19-42)33(34)58-39-32(49)35(29(46)24(18-41)56-39)55-23(36(50)51)17-22-13-9-8-10-14-22/h8-10,13-14,20,23-25,27-35,37-39,41-42,45-49H,4-7,11-12,15-19H2,1-3H3,(H,40,43)(H,50,51)/t20-,23-,24+,25+,27+,28+,29-,30+,31-,32+,33+,34+,35-,37+,38-,39-/m0/s1. The van der Waals surface area contributed by atoms with E-state index in [0.29, 0.717) is 24.8 Å². The SMILES string of the molecule is COC(=O)CCCCCCCCO[C@@H]1O[C@H](CO)[C@@H](O[C@@H]2O[C@H](CO)[C@H](O)[C@H](O[C@@H](Cc3ccccc3)C(=O)O)[C@H]2O)[C@H](O[C@@H]2O[C@@H](C)[C@@H](O)[C@@H](O)[C@@H]2O)[C@H]1NC(C)=O. The molecule has 0 aliphatic carbocycles. The molecule has 3 heterocycles. The lowest BCUT2D eigenvalue weighted by molar-refractivity contribution is -0.375. The number of unbranched alkanes of at least 4 members (excludes halogenated alkanes) is 5. The molecule has 0 radical (unpaired) electrons. The van der Waals surface area contributed by atoms with E-state index in [2.05, 4.69) is 10.1 Å². The number of hydrogen-bond acceptors (Lipinski definition) is 18. The van der Waals surface area contributed by atoms with Crippen LogP contribution < -0.4 is 5.32 Å². The predicted molar refractivity (Wildman–Crippen MR) is 200 cm³/mol. The number of benzene rings is 1. The van der Waals surface area contributed by atoms with Gasteiger partial charge in [0.15, 0.2) is 25.0 Å². The summed E-state index contributed by atoms with van der Waals surface area (Å²) in [6.07, 6.45) is -19.0. The first-order chi connectivity index (χ1) is 28.2. The van der Waals surface area contributed by atoms with Crippen LogP contribution in [-0.2, 0) is 58.7 Å². The molecule has 4 rings (SSSR count). The van der Waals surface area contributed by atoms with Gasteiger partial charge >= 0.3 is 11.9 Å². The number of carboxylic acids is 1. The molecule has 0 bridgehead atoms. The van der Waals surface area contributed by atoms with E-state index in [4.69, 9.17) is 33.2 Å². The number of aliphatic hydroxyl groups excluding tert-OH is 7. The first-order valence-electron chi connectivity index (χ1n) is 20.0. The third-order valence-electron chi connectivity index (χ3n) is 10.6. The Kier molecular flexibility index (Phi) is 19.7. The van der Waals surface area contributed by atoms with Gasteiger partial charge in [-0.3, -0.25) is 9.59 Å². The zero-order chi connectivity index (χ0) is 43.2. The Hall–Kier alpha value is -2.93. The van der Waals surface area contributed by atoms with Crippen LogP contribution in [0.1, 0.15) is 64.4 Å². The minimum absolute atomic E-state index is 0.122. The molecular weight excluding hydrogens is 786 g/mol. The number of aliphatic carboxylic acids is 1. The molecule has 9 N–H and O–H groups in total. The Balaban J connectivity index is 1.58. The van der Waals surface area contributed by atoms with Crippen LogP contribution in [0.2, 0.25) is 0 Å². The number of esters is 1. The zero-order valence-electron chi connectivity index (χ0n) is 33.5. The molecule has 3 saturated heterocycles. The lowest BCUT2D eigenvalue weighted by Crippen LogP contribution is -2.70. The number of carboxylic acid groups (broad SMARTS) is 1. The van der Waals surface area contributed by atoms with E-state index in [1.807, 2.05) is 0 Å². The number of nitrogens with one attached hydrogen (secondary N) is 1. The molecule has 336 valence electrons. The maximum absolute atomic E-state index is 12.7. The second-order valence-electron chi connectivity index (χ2n) is 15.0. The minimum atomic E-state index is -1.94. The van der Waals surface area contributed by atoms with E-state index in [1.54, 1.807) is 30.3 Å². The molecule has 0 unspecified atom stereocenters. The summed E-state index contributed by atoms with van der Waals surface area (Å²) in [5, 5.41) is 88.1. The first kappa shape index (κ1) is 48.7. The molecular formula is C39H61NO19. The average Bonchev–Trinajstić information content (AvgIpc) is 3.21. The molecule has 1 aromatic carbocycles. The fraction of sp³-hybridized carbons (Fsp3) is 0.769. The van der Waals surface area contributed by atoms with Crippen molar-refractivity contribution in [2.24, 2.45) is 0 Å². The zero-order valence-corrected chi connectivity index (χ0v) is 33.5. The quantitative estimate of drug-likeness (QED) is 0.0462. The van der Waals surface area contributed by atoms with E-state index in [-0.39, 0.29) is 19.0 Å². The summed E-state index contributed by atoms with van der Waals surface area (Å²) in [4.78, 5) is 36.3. The van der Waals surface area contributed by atoms with Crippen LogP contribution in [0.15, 0.2) is 30.3 Å². The van der Waals surface area contributed by atoms with Gasteiger partial charge in [0.1, 0.15) is 67.1 Å². The predicted octanol–water partition coefficient (Wildman–Crippen LogP) is -1.75. The van der Waals surface area contributed by atoms with Gasteiger partial charge in [-0.15, -0.1) is 0 Å². The van der Waals surface area contributed by atoms with E-state index in [9.17, 15) is 55.2 Å². The molecule has 1 aromatic rings. The third kappa shape index (κ3) is 13.5. The summed E-state index contributed by atoms with van der Waals surface area (Å²) >= 11 is 0. The Morgan fingerprint density at radius 1 is 0.729 bits per heavy atom. The Bertz CT molecular complexity index is 1430. The molecule has 0 aromatic heterocycles. The monoisotopic (exact) mass is 847 g/mol. The molecule has 59 heavy (non-hydrogen) atoms. The lowest BCUT2D eigenvalue weighted by Gasteiger charge is -2.50. The van der Waals surface area contributed by atoms with Crippen LogP contribution in [0.5, 0.6) is 0 Å². The van der Waals surface area contributed by atoms with Gasteiger partial charge in [0, 0.05) is 26.4 Å². The largest absolute Gasteiger partial charge is 0.479 e. The summed E-state index contributed by atoms with van der Waals surface area (Å²) in [6.45, 7) is 1.15. The fourth-order valence-electron chi connectivity index (χ4n) is 7.26. The summed E-state index contributed by atoms with van der Waals surface area (Å²) in [6, 6.07) is 7.19. The Morgan fingerprint density at radius 3 is 1.97 bits per heavy atom. The minimum Gasteiger partial charge on any atom is -0.479 e. The van der Waals surface area contributed by atoms with E-state index < -0.39 is 123 Å². The van der Waals surface area contributed by atoms with Gasteiger partial charge in [-0.1, -0.05) is 56.0 Å². The summed E-state index contributed by atoms with van der Waals surface area (Å²) in [5.41, 5.74) is 0.583. The van der Waals surface area contributed by atoms with E-state index in [1.165, 1.54) is 21.0 Å². The van der Waals surface area contributed by atoms with Gasteiger partial charge < -0.3 is 84.1 Å². The number of carbonyl (C=O) groups is 3. The number of ether oxygens (including phenoxy) is 8. The highest BCUT2D eigenvalue weighted by molar-refractivity contribution is 5.73. The third-order valence-corrected chi connectivity index (χ3v) is 10.6. The van der Waals surface area contributed by atoms with Gasteiger partial charge in [0.2, 0.25) is 5.91 Å². The number of amides is 1. The van der Waals surface area contributed by atoms with E-state index in [0.717, 1.165) is 25.7 Å². The van der Waals surface area contributed by atoms with Gasteiger partial charge in [-0.05, 0) is 25.3 Å². The normalized spacial score (nSPS) is 35.5. The summed E-state index contributed by atoms with van der Waals surface area (Å²) < 4.78 is 46.6. The van der Waals surface area contributed by atoms with Crippen molar-refractivity contribution in [1.29, 1.82) is 0 Å². The smallest absolute Gasteiger partial charge is 0.333 e. The number of aliphatic hydroxyl groups is 7. The van der Waals surface area contributed by atoms with Gasteiger partial charge in [-0.25, -0.2) is 4.79 Å². The highest BCUT2D eigenvalue weighted by atomic mass is 16.8. The van der Waals surface area contributed by atoms with Crippen LogP contribution in [-0.4, -0.2) is 184 Å². The summed E-state index contributed by atoms with van der Waals surface area (Å²) in [5.74, 6) is -2.26. The topological polar surface area (TPSA) is 299 Å². The van der Waals surface area contributed by atoms with Crippen molar-refractivity contribution in [2.45, 2.75) is 163 Å². The van der Waals surface area contributed by atoms with Crippen molar-refractivity contribution in [3.8, 4) is 0 Å². The maximum Gasteiger partial charge on any atom is 0.333 e. The molecule has 16 atom stereocenters. The first-order valence-corrected chi connectivity index (χ1v) is 20.0. The highest BCUT2D eigenvalue weighted by Crippen LogP contribution is 2.35. The van der Waals surface area contributed by atoms with Crippen molar-refractivity contribution in [3.63, 3.8) is 0 Å². The van der Waals surface area contributed by atoms with Crippen LogP contribution in [0.25, 0.3) is 0 Å². The van der Waals surface area contributed by atoms with Gasteiger partial charge in [0.25, 0.3) is 0 Å². The molecule has 3 aliphatic heterocycles. The van der Waals surface area contributed by atoms with Crippen LogP contribution in [0, 0.1) is 0 Å². The number of methoxy groups -OCH3 is 1. The van der Waals surface area contributed by atoms with Crippen LogP contribution in [0.4, 0.5) is 0 Å². The molecule has 0 saturated carbocycles. The number of rotatable bonds is 22. The molecule has 20 nitrogen and oxygen atoms in total. The van der Waals surface area contributed by atoms with Crippen molar-refractivity contribution >= 4 is 17.8 Å². The summed E-state index contributed by atoms with van der Waals surface area (Å²) in [7, 11) is 1.34. The second-order valence-corrected chi connectivity index (χ2v) is 15.0. The molecule has 0 spiro atoms. The fourth-order valence-corrected chi connectivity index (χ4v) is 7.26. The van der Waals surface area contributed by atoms with Gasteiger partial charge in [0.05, 0.1) is 26.4 Å². The Morgan fingerprint density at radius 2 is 1.34 bits per heavy atom. The van der Waals surface area contributed by atoms with Crippen molar-refractivity contribution in [3.05, 3.63) is 35.9 Å². The van der Waals surface area contributed by atoms with Crippen molar-refractivity contribution in [2.75, 3.05) is 26.9 Å². The highest BCUT2D eigenvalue weighted by Gasteiger charge is 2.55. The number of carbonyl (C=O) groups excluding carboxylic acids is 2. The molecule has 3 aliphatic rings. The second kappa shape index (κ2) is 23.9. The Labute approximate surface area is 342 Å². The number of hydrogen-bond donors (Lipinski definition) is 9. The van der Waals surface area contributed by atoms with Crippen molar-refractivity contribution in [1.82, 2.24) is 5.32 Å². The van der Waals surface area contributed by atoms with Crippen LogP contribution >= 0.6 is 0 Å². The lowest BCUT2D eigenvalue weighted by atomic mass is 9.94. The molecule has 1 amide bonds. The molecule has 3 fully saturated rings. The molecule has 20 heteroatoms.